The van der Waals surface area contributed by atoms with E-state index in [1.54, 1.807) is 0 Å². The van der Waals surface area contributed by atoms with E-state index in [0.717, 1.165) is 36.9 Å². The van der Waals surface area contributed by atoms with Gasteiger partial charge in [-0.2, -0.15) is 0 Å². The Morgan fingerprint density at radius 3 is 2.74 bits per heavy atom. The smallest absolute Gasteiger partial charge is 0.138 e. The van der Waals surface area contributed by atoms with Gasteiger partial charge < -0.3 is 9.84 Å². The number of nitrogens with one attached hydrogen (secondary N) is 1. The number of aryl methyl sites for hydroxylation is 2. The van der Waals surface area contributed by atoms with Crippen LogP contribution < -0.4 is 5.32 Å². The molecule has 0 atom stereocenters. The van der Waals surface area contributed by atoms with E-state index >= 15 is 0 Å². The summed E-state index contributed by atoms with van der Waals surface area (Å²) in [5.41, 5.74) is 2.45. The van der Waals surface area contributed by atoms with Crippen LogP contribution in [0.4, 0.5) is 0 Å². The summed E-state index contributed by atoms with van der Waals surface area (Å²) in [4.78, 5) is 2.55. The average molecular weight is 265 g/mol. The molecule has 0 unspecified atom stereocenters. The molecule has 2 rings (SSSR count). The van der Waals surface area contributed by atoms with Crippen LogP contribution in [0.5, 0.6) is 0 Å². The van der Waals surface area contributed by atoms with Gasteiger partial charge >= 0.3 is 0 Å². The highest BCUT2D eigenvalue weighted by Crippen LogP contribution is 2.23. The minimum Gasteiger partial charge on any atom is -0.361 e. The quantitative estimate of drug-likeness (QED) is 0.857. The highest BCUT2D eigenvalue weighted by Gasteiger charge is 2.21. The highest BCUT2D eigenvalue weighted by atomic mass is 16.5. The molecule has 0 aliphatic carbocycles. The van der Waals surface area contributed by atoms with E-state index in [4.69, 9.17) is 4.52 Å². The third kappa shape index (κ3) is 3.80. The van der Waals surface area contributed by atoms with Gasteiger partial charge in [-0.1, -0.05) is 12.1 Å². The number of hydrogen-bond donors (Lipinski definition) is 1. The van der Waals surface area contributed by atoms with E-state index in [1.165, 1.54) is 37.9 Å². The van der Waals surface area contributed by atoms with Crippen LogP contribution >= 0.6 is 0 Å². The Bertz CT molecular complexity index is 381. The van der Waals surface area contributed by atoms with Crippen molar-refractivity contribution in [3.05, 3.63) is 17.0 Å². The fourth-order valence-electron chi connectivity index (χ4n) is 2.92. The summed E-state index contributed by atoms with van der Waals surface area (Å²) < 4.78 is 5.32. The Balaban J connectivity index is 1.83. The van der Waals surface area contributed by atoms with Crippen molar-refractivity contribution in [2.75, 3.05) is 26.7 Å². The summed E-state index contributed by atoms with van der Waals surface area (Å²) >= 11 is 0. The molecule has 1 N–H and O–H groups in total. The third-order valence-corrected chi connectivity index (χ3v) is 4.29. The Hall–Kier alpha value is -0.870. The fourth-order valence-corrected chi connectivity index (χ4v) is 2.92. The van der Waals surface area contributed by atoms with Crippen molar-refractivity contribution in [2.45, 2.75) is 46.1 Å². The molecule has 0 radical (unpaired) electrons. The number of aromatic nitrogens is 1. The van der Waals surface area contributed by atoms with Crippen molar-refractivity contribution in [2.24, 2.45) is 5.92 Å². The zero-order valence-corrected chi connectivity index (χ0v) is 12.5. The molecule has 0 saturated carbocycles. The maximum Gasteiger partial charge on any atom is 0.138 e. The van der Waals surface area contributed by atoms with Gasteiger partial charge in [0.1, 0.15) is 5.76 Å². The summed E-state index contributed by atoms with van der Waals surface area (Å²) in [6.07, 6.45) is 4.93. The Kier molecular flexibility index (Phi) is 5.40. The zero-order valence-electron chi connectivity index (χ0n) is 12.5. The van der Waals surface area contributed by atoms with Gasteiger partial charge in [0.05, 0.1) is 5.69 Å². The van der Waals surface area contributed by atoms with E-state index < -0.39 is 0 Å². The number of hydrogen-bond acceptors (Lipinski definition) is 4. The van der Waals surface area contributed by atoms with Crippen LogP contribution in [0.2, 0.25) is 0 Å². The van der Waals surface area contributed by atoms with Gasteiger partial charge in [0.2, 0.25) is 0 Å². The molecule has 0 aromatic carbocycles. The molecule has 1 aromatic heterocycles. The van der Waals surface area contributed by atoms with Gasteiger partial charge in [0.15, 0.2) is 0 Å². The first kappa shape index (κ1) is 14.5. The van der Waals surface area contributed by atoms with E-state index in [0.29, 0.717) is 0 Å². The second-order valence-electron chi connectivity index (χ2n) is 5.63. The van der Waals surface area contributed by atoms with Gasteiger partial charge in [0.25, 0.3) is 0 Å². The molecule has 4 heteroatoms. The van der Waals surface area contributed by atoms with Crippen molar-refractivity contribution >= 4 is 0 Å². The second-order valence-corrected chi connectivity index (χ2v) is 5.63. The largest absolute Gasteiger partial charge is 0.361 e. The van der Waals surface area contributed by atoms with Gasteiger partial charge in [-0.25, -0.2) is 0 Å². The lowest BCUT2D eigenvalue weighted by Crippen LogP contribution is -2.34. The number of nitrogens with zero attached hydrogens (tertiary/aromatic N) is 2. The van der Waals surface area contributed by atoms with Crippen LogP contribution in [-0.4, -0.2) is 36.7 Å². The van der Waals surface area contributed by atoms with E-state index in [1.807, 2.05) is 14.0 Å². The lowest BCUT2D eigenvalue weighted by Gasteiger charge is -2.31. The molecule has 19 heavy (non-hydrogen) atoms. The molecule has 0 bridgehead atoms. The van der Waals surface area contributed by atoms with Crippen molar-refractivity contribution in [1.29, 1.82) is 0 Å². The summed E-state index contributed by atoms with van der Waals surface area (Å²) in [5.74, 6) is 1.90. The van der Waals surface area contributed by atoms with Gasteiger partial charge in [-0.05, 0) is 65.2 Å². The van der Waals surface area contributed by atoms with Crippen molar-refractivity contribution in [1.82, 2.24) is 15.4 Å². The molecule has 1 fully saturated rings. The van der Waals surface area contributed by atoms with Crippen LogP contribution in [0.15, 0.2) is 4.52 Å². The Morgan fingerprint density at radius 1 is 1.37 bits per heavy atom. The van der Waals surface area contributed by atoms with Crippen molar-refractivity contribution in [3.8, 4) is 0 Å². The summed E-state index contributed by atoms with van der Waals surface area (Å²) in [7, 11) is 2.04. The Morgan fingerprint density at radius 2 is 2.11 bits per heavy atom. The predicted octanol–water partition coefficient (Wildman–Crippen LogP) is 2.37. The minimum atomic E-state index is 0.901. The molecule has 4 nitrogen and oxygen atoms in total. The second kappa shape index (κ2) is 7.06. The standard InChI is InChI=1S/C15H27N3O/c1-4-15-14(12(2)19-17-15)11-18-9-6-13(7-10-18)5-8-16-3/h13,16H,4-11H2,1-3H3. The normalized spacial score (nSPS) is 18.1. The van der Waals surface area contributed by atoms with Crippen molar-refractivity contribution in [3.63, 3.8) is 0 Å². The molecule has 0 amide bonds. The van der Waals surface area contributed by atoms with Crippen LogP contribution in [-0.2, 0) is 13.0 Å². The maximum atomic E-state index is 5.32. The zero-order chi connectivity index (χ0) is 13.7. The SMILES string of the molecule is CCc1noc(C)c1CN1CCC(CCNC)CC1. The Labute approximate surface area is 116 Å². The molecule has 2 heterocycles. The molecule has 1 aliphatic heterocycles. The molecular weight excluding hydrogens is 238 g/mol. The molecule has 108 valence electrons. The first-order valence-electron chi connectivity index (χ1n) is 7.55. The summed E-state index contributed by atoms with van der Waals surface area (Å²) in [5, 5.41) is 7.40. The van der Waals surface area contributed by atoms with Gasteiger partial charge in [-0.3, -0.25) is 4.90 Å². The number of piperidine rings is 1. The van der Waals surface area contributed by atoms with E-state index in [9.17, 15) is 0 Å². The number of rotatable bonds is 6. The molecule has 1 saturated heterocycles. The van der Waals surface area contributed by atoms with Crippen molar-refractivity contribution < 1.29 is 4.52 Å². The summed E-state index contributed by atoms with van der Waals surface area (Å²) in [6, 6.07) is 0. The number of likely N-dealkylation sites (tertiary alicyclic amines) is 1. The molecule has 1 aromatic rings. The van der Waals surface area contributed by atoms with E-state index in [-0.39, 0.29) is 0 Å². The fraction of sp³-hybridized carbons (Fsp3) is 0.800. The minimum absolute atomic E-state index is 0.901. The first-order chi connectivity index (χ1) is 9.24. The maximum absolute atomic E-state index is 5.32. The van der Waals surface area contributed by atoms with Crippen LogP contribution in [0.25, 0.3) is 0 Å². The van der Waals surface area contributed by atoms with E-state index in [2.05, 4.69) is 22.3 Å². The predicted molar refractivity (Wildman–Crippen MR) is 77.2 cm³/mol. The van der Waals surface area contributed by atoms with Gasteiger partial charge in [-0.15, -0.1) is 0 Å². The lowest BCUT2D eigenvalue weighted by molar-refractivity contribution is 0.171. The average Bonchev–Trinajstić information content (AvgIpc) is 2.79. The summed E-state index contributed by atoms with van der Waals surface area (Å²) in [6.45, 7) is 8.75. The van der Waals surface area contributed by atoms with Crippen LogP contribution in [0, 0.1) is 12.8 Å². The molecular formula is C15H27N3O. The third-order valence-electron chi connectivity index (χ3n) is 4.29. The molecule has 1 aliphatic rings. The highest BCUT2D eigenvalue weighted by molar-refractivity contribution is 5.22. The van der Waals surface area contributed by atoms with Crippen LogP contribution in [0.3, 0.4) is 0 Å². The lowest BCUT2D eigenvalue weighted by atomic mass is 9.93. The van der Waals surface area contributed by atoms with Crippen LogP contribution in [0.1, 0.15) is 43.2 Å². The van der Waals surface area contributed by atoms with Gasteiger partial charge in [0, 0.05) is 12.1 Å². The first-order valence-corrected chi connectivity index (χ1v) is 7.55. The molecule has 0 spiro atoms. The monoisotopic (exact) mass is 265 g/mol. The topological polar surface area (TPSA) is 41.3 Å².